The Balaban J connectivity index is 1.78. The number of esters is 2. The van der Waals surface area contributed by atoms with Gasteiger partial charge in [-0.15, -0.1) is 0 Å². The molecule has 0 bridgehead atoms. The lowest BCUT2D eigenvalue weighted by Crippen LogP contribution is -2.58. The van der Waals surface area contributed by atoms with Crippen LogP contribution in [0, 0.1) is 17.3 Å². The summed E-state index contributed by atoms with van der Waals surface area (Å²) >= 11 is 0. The predicted molar refractivity (Wildman–Crippen MR) is 58.9 cm³/mol. The first-order valence-corrected chi connectivity index (χ1v) is 6.04. The van der Waals surface area contributed by atoms with Crippen LogP contribution in [-0.2, 0) is 19.1 Å². The second-order valence-electron chi connectivity index (χ2n) is 5.56. The normalized spacial score (nSPS) is 40.2. The van der Waals surface area contributed by atoms with Gasteiger partial charge in [0.25, 0.3) is 0 Å². The van der Waals surface area contributed by atoms with Crippen LogP contribution in [0.15, 0.2) is 12.2 Å². The van der Waals surface area contributed by atoms with Gasteiger partial charge in [-0.1, -0.05) is 13.5 Å². The highest BCUT2D eigenvalue weighted by molar-refractivity contribution is 5.87. The number of carbonyl (C=O) groups excluding carboxylic acids is 2. The minimum absolute atomic E-state index is 0.0291. The van der Waals surface area contributed by atoms with Crippen molar-refractivity contribution in [3.63, 3.8) is 0 Å². The van der Waals surface area contributed by atoms with E-state index >= 15 is 0 Å². The van der Waals surface area contributed by atoms with Gasteiger partial charge in [-0.3, -0.25) is 4.79 Å². The molecule has 4 heteroatoms. The Morgan fingerprint density at radius 2 is 2.18 bits per heavy atom. The van der Waals surface area contributed by atoms with Crippen LogP contribution in [-0.4, -0.2) is 24.1 Å². The molecule has 2 aliphatic carbocycles. The highest BCUT2D eigenvalue weighted by atomic mass is 16.6. The molecule has 4 nitrogen and oxygen atoms in total. The van der Waals surface area contributed by atoms with E-state index in [4.69, 9.17) is 9.47 Å². The van der Waals surface area contributed by atoms with Gasteiger partial charge in [-0.05, 0) is 19.8 Å². The van der Waals surface area contributed by atoms with Crippen LogP contribution in [0.5, 0.6) is 0 Å². The number of rotatable bonds is 2. The lowest BCUT2D eigenvalue weighted by molar-refractivity contribution is -0.194. The molecule has 1 saturated heterocycles. The molecule has 3 fully saturated rings. The Bertz CT molecular complexity index is 421. The van der Waals surface area contributed by atoms with Gasteiger partial charge in [0.05, 0.1) is 5.92 Å². The zero-order chi connectivity index (χ0) is 12.4. The molecule has 4 unspecified atom stereocenters. The van der Waals surface area contributed by atoms with Crippen LogP contribution in [0.4, 0.5) is 0 Å². The van der Waals surface area contributed by atoms with Crippen LogP contribution in [0.25, 0.3) is 0 Å². The summed E-state index contributed by atoms with van der Waals surface area (Å²) in [6, 6.07) is 0. The maximum atomic E-state index is 11.6. The van der Waals surface area contributed by atoms with Crippen molar-refractivity contribution in [2.75, 3.05) is 0 Å². The van der Waals surface area contributed by atoms with Crippen molar-refractivity contribution in [3.8, 4) is 0 Å². The third kappa shape index (κ3) is 1.24. The molecule has 2 saturated carbocycles. The van der Waals surface area contributed by atoms with Gasteiger partial charge in [0, 0.05) is 16.9 Å². The lowest BCUT2D eigenvalue weighted by atomic mass is 9.61. The first kappa shape index (κ1) is 10.8. The summed E-state index contributed by atoms with van der Waals surface area (Å²) < 4.78 is 10.7. The van der Waals surface area contributed by atoms with Crippen LogP contribution in [0.2, 0.25) is 0 Å². The summed E-state index contributed by atoms with van der Waals surface area (Å²) in [6.07, 6.45) is 1.60. The van der Waals surface area contributed by atoms with Gasteiger partial charge >= 0.3 is 11.9 Å². The van der Waals surface area contributed by atoms with Crippen LogP contribution < -0.4 is 0 Å². The van der Waals surface area contributed by atoms with Crippen molar-refractivity contribution in [2.45, 2.75) is 38.9 Å². The minimum Gasteiger partial charge on any atom is -0.458 e. The van der Waals surface area contributed by atoms with Crippen molar-refractivity contribution in [1.82, 2.24) is 0 Å². The molecule has 0 aromatic rings. The standard InChI is InChI=1S/C13H16O4/c1-6(2)11(14)17-10-9-8(13(10)4-5-13)7(3)12(15)16-9/h7-10H,1,4-5H2,2-3H3. The highest BCUT2D eigenvalue weighted by Gasteiger charge is 2.76. The third-order valence-electron chi connectivity index (χ3n) is 4.46. The quantitative estimate of drug-likeness (QED) is 0.538. The Morgan fingerprint density at radius 1 is 1.53 bits per heavy atom. The number of hydrogen-bond acceptors (Lipinski definition) is 4. The van der Waals surface area contributed by atoms with E-state index in [0.717, 1.165) is 12.8 Å². The predicted octanol–water partition coefficient (Wildman–Crippen LogP) is 1.45. The molecule has 0 radical (unpaired) electrons. The largest absolute Gasteiger partial charge is 0.458 e. The van der Waals surface area contributed by atoms with Gasteiger partial charge in [0.1, 0.15) is 12.2 Å². The summed E-state index contributed by atoms with van der Waals surface area (Å²) in [5, 5.41) is 0. The van der Waals surface area contributed by atoms with Gasteiger partial charge < -0.3 is 9.47 Å². The number of fused-ring (bicyclic) bond motifs is 2. The molecule has 17 heavy (non-hydrogen) atoms. The molecule has 0 aromatic heterocycles. The SMILES string of the molecule is C=C(C)C(=O)OC1C2OC(=O)C(C)C2C12CC2. The van der Waals surface area contributed by atoms with E-state index in [1.54, 1.807) is 6.92 Å². The maximum absolute atomic E-state index is 11.6. The summed E-state index contributed by atoms with van der Waals surface area (Å²) in [4.78, 5) is 23.1. The van der Waals surface area contributed by atoms with E-state index < -0.39 is 0 Å². The molecule has 0 amide bonds. The van der Waals surface area contributed by atoms with E-state index in [2.05, 4.69) is 6.58 Å². The number of ether oxygens (including phenoxy) is 2. The molecular weight excluding hydrogens is 220 g/mol. The summed E-state index contributed by atoms with van der Waals surface area (Å²) in [7, 11) is 0. The number of hydrogen-bond donors (Lipinski definition) is 0. The average Bonchev–Trinajstić information content (AvgIpc) is 3.02. The fourth-order valence-corrected chi connectivity index (χ4v) is 3.38. The van der Waals surface area contributed by atoms with Crippen LogP contribution in [0.3, 0.4) is 0 Å². The first-order valence-electron chi connectivity index (χ1n) is 6.04. The average molecular weight is 236 g/mol. The zero-order valence-corrected chi connectivity index (χ0v) is 10.1. The van der Waals surface area contributed by atoms with Gasteiger partial charge in [0.2, 0.25) is 0 Å². The van der Waals surface area contributed by atoms with Gasteiger partial charge in [-0.2, -0.15) is 0 Å². The molecule has 4 atom stereocenters. The van der Waals surface area contributed by atoms with Crippen molar-refractivity contribution in [1.29, 1.82) is 0 Å². The molecule has 1 heterocycles. The molecule has 3 rings (SSSR count). The molecule has 0 N–H and O–H groups in total. The second kappa shape index (κ2) is 3.12. The van der Waals surface area contributed by atoms with Crippen LogP contribution in [0.1, 0.15) is 26.7 Å². The van der Waals surface area contributed by atoms with E-state index in [-0.39, 0.29) is 41.4 Å². The van der Waals surface area contributed by atoms with E-state index in [1.165, 1.54) is 0 Å². The van der Waals surface area contributed by atoms with Crippen molar-refractivity contribution in [3.05, 3.63) is 12.2 Å². The van der Waals surface area contributed by atoms with Gasteiger partial charge in [0.15, 0.2) is 0 Å². The lowest BCUT2D eigenvalue weighted by Gasteiger charge is -2.47. The molecule has 3 aliphatic rings. The Morgan fingerprint density at radius 3 is 2.71 bits per heavy atom. The Kier molecular flexibility index (Phi) is 1.98. The van der Waals surface area contributed by atoms with Gasteiger partial charge in [-0.25, -0.2) is 4.79 Å². The third-order valence-corrected chi connectivity index (χ3v) is 4.46. The molecule has 1 spiro atoms. The molecule has 1 aliphatic heterocycles. The molecule has 0 aromatic carbocycles. The van der Waals surface area contributed by atoms with E-state index in [1.807, 2.05) is 6.92 Å². The molecule has 92 valence electrons. The molecular formula is C13H16O4. The summed E-state index contributed by atoms with van der Waals surface area (Å²) in [6.45, 7) is 7.10. The topological polar surface area (TPSA) is 52.6 Å². The van der Waals surface area contributed by atoms with E-state index in [0.29, 0.717) is 5.57 Å². The fraction of sp³-hybridized carbons (Fsp3) is 0.692. The monoisotopic (exact) mass is 236 g/mol. The van der Waals surface area contributed by atoms with E-state index in [9.17, 15) is 9.59 Å². The number of carbonyl (C=O) groups is 2. The zero-order valence-electron chi connectivity index (χ0n) is 10.1. The fourth-order valence-electron chi connectivity index (χ4n) is 3.38. The Hall–Kier alpha value is -1.32. The minimum atomic E-state index is -0.379. The van der Waals surface area contributed by atoms with Crippen LogP contribution >= 0.6 is 0 Å². The van der Waals surface area contributed by atoms with Crippen molar-refractivity contribution >= 4 is 11.9 Å². The smallest absolute Gasteiger partial charge is 0.333 e. The second-order valence-corrected chi connectivity index (χ2v) is 5.56. The maximum Gasteiger partial charge on any atom is 0.333 e. The summed E-state index contributed by atoms with van der Waals surface area (Å²) in [5.41, 5.74) is 0.420. The Labute approximate surface area is 100.0 Å². The highest BCUT2D eigenvalue weighted by Crippen LogP contribution is 2.70. The van der Waals surface area contributed by atoms with Crippen molar-refractivity contribution in [2.24, 2.45) is 17.3 Å². The summed E-state index contributed by atoms with van der Waals surface area (Å²) in [5.74, 6) is -0.337. The first-order chi connectivity index (χ1) is 7.97. The van der Waals surface area contributed by atoms with Crippen molar-refractivity contribution < 1.29 is 19.1 Å².